The number of para-hydroxylation sites is 2. The van der Waals surface area contributed by atoms with Crippen molar-refractivity contribution in [1.29, 1.82) is 0 Å². The molecule has 0 aliphatic carbocycles. The number of hydrogen-bond acceptors (Lipinski definition) is 5. The van der Waals surface area contributed by atoms with Gasteiger partial charge in [0.2, 0.25) is 0 Å². The molecule has 5 heterocycles. The number of rotatable bonds is 4. The molecule has 0 N–H and O–H groups in total. The number of hydrogen-bond donors (Lipinski definition) is 0. The molecule has 0 bridgehead atoms. The number of aryl methyl sites for hydroxylation is 3. The molecule has 0 unspecified atom stereocenters. The fourth-order valence-electron chi connectivity index (χ4n) is 4.24. The number of nitrogens with zero attached hydrogens (tertiary/aromatic N) is 8. The summed E-state index contributed by atoms with van der Waals surface area (Å²) in [5.74, 6) is 1.73. The predicted molar refractivity (Wildman–Crippen MR) is 172 cm³/mol. The van der Waals surface area contributed by atoms with Gasteiger partial charge in [0.15, 0.2) is 11.6 Å². The average molecular weight is 849 g/mol. The van der Waals surface area contributed by atoms with Crippen LogP contribution in [0.5, 0.6) is 0 Å². The number of benzene rings is 2. The van der Waals surface area contributed by atoms with Gasteiger partial charge in [-0.2, -0.15) is 0 Å². The van der Waals surface area contributed by atoms with E-state index in [-0.39, 0.29) is 24.8 Å². The molecule has 8 nitrogen and oxygen atoms in total. The van der Waals surface area contributed by atoms with Gasteiger partial charge in [0.05, 0.1) is 6.33 Å². The van der Waals surface area contributed by atoms with Gasteiger partial charge in [-0.15, -0.1) is 0 Å². The number of pyridine rings is 2. The molecule has 0 aliphatic heterocycles. The molecule has 0 amide bonds. The van der Waals surface area contributed by atoms with Crippen LogP contribution in [0.1, 0.15) is 11.4 Å². The zero-order valence-electron chi connectivity index (χ0n) is 25.3. The van der Waals surface area contributed by atoms with E-state index in [1.807, 2.05) is 126 Å². The van der Waals surface area contributed by atoms with Crippen molar-refractivity contribution in [1.82, 2.24) is 38.6 Å². The normalized spacial score (nSPS) is 9.50. The molecule has 239 valence electrons. The molecule has 0 saturated carbocycles. The van der Waals surface area contributed by atoms with Crippen LogP contribution in [0.3, 0.4) is 0 Å². The summed E-state index contributed by atoms with van der Waals surface area (Å²) in [5, 5.41) is 0. The van der Waals surface area contributed by atoms with Gasteiger partial charge in [0.1, 0.15) is 11.4 Å². The first-order valence-corrected chi connectivity index (χ1v) is 16.8. The molecule has 2 aromatic carbocycles. The molecule has 0 atom stereocenters. The molecule has 7 aromatic rings. The molecule has 0 spiro atoms. The Balaban J connectivity index is 0.000000251. The van der Waals surface area contributed by atoms with E-state index in [1.165, 1.54) is 17.6 Å². The van der Waals surface area contributed by atoms with Gasteiger partial charge in [-0.25, -0.2) is 24.9 Å². The summed E-state index contributed by atoms with van der Waals surface area (Å²) in [6.45, 7) is 3.97. The summed E-state index contributed by atoms with van der Waals surface area (Å²) < 4.78 is 5.98. The minimum absolute atomic E-state index is 0. The van der Waals surface area contributed by atoms with E-state index < -0.39 is 0 Å². The van der Waals surface area contributed by atoms with Crippen molar-refractivity contribution in [3.63, 3.8) is 0 Å². The summed E-state index contributed by atoms with van der Waals surface area (Å²) in [5.41, 5.74) is 5.96. The Morgan fingerprint density at radius 2 is 0.978 bits per heavy atom. The van der Waals surface area contributed by atoms with Gasteiger partial charge in [0.25, 0.3) is 0 Å². The second-order valence-electron chi connectivity index (χ2n) is 9.47. The van der Waals surface area contributed by atoms with Gasteiger partial charge < -0.3 is 29.4 Å². The number of aromatic nitrogens is 8. The second-order valence-corrected chi connectivity index (χ2v) is 9.47. The molecular formula is C34H32Cl3N8Os-2. The Kier molecular flexibility index (Phi) is 16.6. The van der Waals surface area contributed by atoms with Gasteiger partial charge in [-0.1, -0.05) is 48.5 Å². The van der Waals surface area contributed by atoms with Crippen molar-refractivity contribution in [2.45, 2.75) is 13.8 Å². The SMILES string of the molecule is Cc1cccc(-c2nccn2-c2ccccc2)n1.Cc1cccc(-c2nccn2-c2ccccc2)n1.Cn1ccnc1.[Cl-].[Cl-].[Cl][Os]. The monoisotopic (exact) mass is 849 g/mol. The topological polar surface area (TPSA) is 79.2 Å². The Hall–Kier alpha value is -4.12. The molecule has 0 aliphatic rings. The summed E-state index contributed by atoms with van der Waals surface area (Å²) >= 11 is 1.33. The van der Waals surface area contributed by atoms with E-state index >= 15 is 0 Å². The zero-order chi connectivity index (χ0) is 31.1. The van der Waals surface area contributed by atoms with Crippen LogP contribution in [0.2, 0.25) is 0 Å². The number of imidazole rings is 3. The van der Waals surface area contributed by atoms with Crippen LogP contribution < -0.4 is 24.8 Å². The standard InChI is InChI=1S/2C15H13N3.C4H6N2.3ClH.Os/c2*1-12-6-5-9-14(17-12)15-16-10-11-18(15)13-7-3-2-4-8-13;1-6-3-2-5-4-6;;;;/h2*2-11H,1H3;2-4H,1H3;3*1H;/q;;;;;;+1/p-3. The summed E-state index contributed by atoms with van der Waals surface area (Å²) in [6, 6.07) is 32.2. The van der Waals surface area contributed by atoms with Gasteiger partial charge >= 0.3 is 27.2 Å². The quantitative estimate of drug-likeness (QED) is 0.269. The van der Waals surface area contributed by atoms with E-state index in [4.69, 9.17) is 0 Å². The first-order chi connectivity index (χ1) is 21.6. The minimum atomic E-state index is 0. The summed E-state index contributed by atoms with van der Waals surface area (Å²) in [7, 11) is 6.60. The first kappa shape index (κ1) is 38.1. The van der Waals surface area contributed by atoms with Crippen LogP contribution in [-0.4, -0.2) is 38.6 Å². The third-order valence-electron chi connectivity index (χ3n) is 6.22. The Bertz CT molecular complexity index is 1710. The van der Waals surface area contributed by atoms with E-state index in [1.54, 1.807) is 24.9 Å². The zero-order valence-corrected chi connectivity index (χ0v) is 30.2. The predicted octanol–water partition coefficient (Wildman–Crippen LogP) is 1.60. The van der Waals surface area contributed by atoms with Crippen molar-refractivity contribution in [3.8, 4) is 34.4 Å². The summed E-state index contributed by atoms with van der Waals surface area (Å²) in [6.07, 6.45) is 12.9. The van der Waals surface area contributed by atoms with E-state index in [2.05, 4.69) is 58.8 Å². The third kappa shape index (κ3) is 10.7. The maximum absolute atomic E-state index is 4.67. The number of halogens is 3. The van der Waals surface area contributed by atoms with Crippen LogP contribution in [0.4, 0.5) is 0 Å². The fourth-order valence-corrected chi connectivity index (χ4v) is 4.24. The maximum atomic E-state index is 4.67. The molecule has 0 fully saturated rings. The molecule has 12 heteroatoms. The second kappa shape index (κ2) is 20.1. The van der Waals surface area contributed by atoms with E-state index in [0.717, 1.165) is 45.8 Å². The van der Waals surface area contributed by atoms with Crippen molar-refractivity contribution >= 4 is 9.64 Å². The molecular weight excluding hydrogens is 817 g/mol. The van der Waals surface area contributed by atoms with Crippen LogP contribution >= 0.6 is 9.64 Å². The Morgan fingerprint density at radius 1 is 0.543 bits per heavy atom. The summed E-state index contributed by atoms with van der Waals surface area (Å²) in [4.78, 5) is 21.6. The van der Waals surface area contributed by atoms with Crippen molar-refractivity contribution in [2.24, 2.45) is 7.05 Å². The molecule has 0 saturated heterocycles. The Morgan fingerprint density at radius 3 is 1.30 bits per heavy atom. The average Bonchev–Trinajstić information content (AvgIpc) is 3.86. The van der Waals surface area contributed by atoms with Crippen LogP contribution in [-0.2, 0) is 24.6 Å². The Labute approximate surface area is 296 Å². The van der Waals surface area contributed by atoms with E-state index in [0.29, 0.717) is 0 Å². The van der Waals surface area contributed by atoms with Gasteiger partial charge in [0, 0.05) is 67.0 Å². The van der Waals surface area contributed by atoms with Crippen molar-refractivity contribution in [2.75, 3.05) is 0 Å². The molecule has 0 radical (unpaired) electrons. The first-order valence-electron chi connectivity index (χ1n) is 13.7. The van der Waals surface area contributed by atoms with Crippen LogP contribution in [0.15, 0.2) is 141 Å². The van der Waals surface area contributed by atoms with Crippen molar-refractivity contribution in [3.05, 3.63) is 152 Å². The van der Waals surface area contributed by atoms with Gasteiger partial charge in [-0.3, -0.25) is 9.13 Å². The van der Waals surface area contributed by atoms with Crippen molar-refractivity contribution < 1.29 is 42.4 Å². The third-order valence-corrected chi connectivity index (χ3v) is 6.22. The van der Waals surface area contributed by atoms with Crippen LogP contribution in [0.25, 0.3) is 34.4 Å². The fraction of sp³-hybridized carbons (Fsp3) is 0.0882. The van der Waals surface area contributed by atoms with E-state index in [9.17, 15) is 0 Å². The molecule has 46 heavy (non-hydrogen) atoms. The van der Waals surface area contributed by atoms with Gasteiger partial charge in [-0.05, 0) is 62.4 Å². The molecule has 5 aromatic heterocycles. The van der Waals surface area contributed by atoms with Crippen LogP contribution in [0, 0.1) is 13.8 Å². The molecule has 7 rings (SSSR count).